The molecule has 1 aromatic carbocycles. The van der Waals surface area contributed by atoms with Crippen LogP contribution in [0.4, 0.5) is 5.69 Å². The molecule has 0 bridgehead atoms. The average Bonchev–Trinajstić information content (AvgIpc) is 2.53. The molecule has 0 spiro atoms. The lowest BCUT2D eigenvalue weighted by molar-refractivity contribution is -0.127. The standard InChI is InChI=1S/C17H18ClN3O2/c1-17(2,13-7-3-4-8-14(13)18)16(23)20-11-15(22)21-12-6-5-9-19-10-12/h3-10H,11H2,1-2H3,(H,20,23)(H,21,22). The van der Waals surface area contributed by atoms with Gasteiger partial charge in [0.15, 0.2) is 0 Å². The molecule has 2 N–H and O–H groups in total. The number of pyridine rings is 1. The SMILES string of the molecule is CC(C)(C(=O)NCC(=O)Nc1cccnc1)c1ccccc1Cl. The first-order chi connectivity index (χ1) is 10.9. The Balaban J connectivity index is 1.96. The maximum atomic E-state index is 12.4. The third-order valence-electron chi connectivity index (χ3n) is 3.47. The quantitative estimate of drug-likeness (QED) is 0.885. The minimum absolute atomic E-state index is 0.123. The Hall–Kier alpha value is -2.40. The van der Waals surface area contributed by atoms with E-state index in [9.17, 15) is 9.59 Å². The van der Waals surface area contributed by atoms with Crippen LogP contribution < -0.4 is 10.6 Å². The molecule has 2 aromatic rings. The molecule has 0 fully saturated rings. The van der Waals surface area contributed by atoms with Crippen LogP contribution in [0.15, 0.2) is 48.8 Å². The third kappa shape index (κ3) is 4.29. The highest BCUT2D eigenvalue weighted by molar-refractivity contribution is 6.31. The Labute approximate surface area is 140 Å². The van der Waals surface area contributed by atoms with Crippen LogP contribution in [0.1, 0.15) is 19.4 Å². The molecular weight excluding hydrogens is 314 g/mol. The van der Waals surface area contributed by atoms with Crippen LogP contribution in [0.5, 0.6) is 0 Å². The van der Waals surface area contributed by atoms with Crippen molar-refractivity contribution in [2.75, 3.05) is 11.9 Å². The molecule has 1 aromatic heterocycles. The van der Waals surface area contributed by atoms with Gasteiger partial charge in [-0.3, -0.25) is 14.6 Å². The molecule has 0 unspecified atom stereocenters. The predicted octanol–water partition coefficient (Wildman–Crippen LogP) is 2.77. The minimum atomic E-state index is -0.840. The molecule has 2 rings (SSSR count). The number of hydrogen-bond donors (Lipinski definition) is 2. The van der Waals surface area contributed by atoms with Crippen LogP contribution in [-0.2, 0) is 15.0 Å². The van der Waals surface area contributed by atoms with E-state index in [4.69, 9.17) is 11.6 Å². The molecule has 0 saturated carbocycles. The van der Waals surface area contributed by atoms with Crippen molar-refractivity contribution < 1.29 is 9.59 Å². The van der Waals surface area contributed by atoms with Crippen LogP contribution in [0.3, 0.4) is 0 Å². The number of rotatable bonds is 5. The summed E-state index contributed by atoms with van der Waals surface area (Å²) in [7, 11) is 0. The number of carbonyl (C=O) groups is 2. The highest BCUT2D eigenvalue weighted by Gasteiger charge is 2.31. The van der Waals surface area contributed by atoms with Crippen molar-refractivity contribution in [2.24, 2.45) is 0 Å². The average molecular weight is 332 g/mol. The van der Waals surface area contributed by atoms with Gasteiger partial charge in [-0.1, -0.05) is 29.8 Å². The second kappa shape index (κ2) is 7.24. The first-order valence-corrected chi connectivity index (χ1v) is 7.52. The molecular formula is C17H18ClN3O2. The summed E-state index contributed by atoms with van der Waals surface area (Å²) in [5.41, 5.74) is 0.455. The molecule has 0 atom stereocenters. The van der Waals surface area contributed by atoms with Gasteiger partial charge in [0.2, 0.25) is 11.8 Å². The van der Waals surface area contributed by atoms with Gasteiger partial charge in [0.05, 0.1) is 23.8 Å². The molecule has 0 aliphatic heterocycles. The molecule has 5 nitrogen and oxygen atoms in total. The fraction of sp³-hybridized carbons (Fsp3) is 0.235. The van der Waals surface area contributed by atoms with E-state index < -0.39 is 5.41 Å². The number of anilines is 1. The monoisotopic (exact) mass is 331 g/mol. The van der Waals surface area contributed by atoms with Crippen LogP contribution in [0, 0.1) is 0 Å². The van der Waals surface area contributed by atoms with Gasteiger partial charge in [0.25, 0.3) is 0 Å². The van der Waals surface area contributed by atoms with E-state index >= 15 is 0 Å². The van der Waals surface area contributed by atoms with Crippen molar-refractivity contribution in [3.05, 3.63) is 59.4 Å². The summed E-state index contributed by atoms with van der Waals surface area (Å²) >= 11 is 6.16. The summed E-state index contributed by atoms with van der Waals surface area (Å²) in [6.45, 7) is 3.41. The third-order valence-corrected chi connectivity index (χ3v) is 3.80. The Morgan fingerprint density at radius 2 is 1.91 bits per heavy atom. The summed E-state index contributed by atoms with van der Waals surface area (Å²) in [6.07, 6.45) is 3.15. The number of halogens is 1. The number of hydrogen-bond acceptors (Lipinski definition) is 3. The van der Waals surface area contributed by atoms with Gasteiger partial charge < -0.3 is 10.6 Å². The van der Waals surface area contributed by atoms with E-state index in [1.165, 1.54) is 6.20 Å². The molecule has 0 radical (unpaired) electrons. The van der Waals surface area contributed by atoms with E-state index in [-0.39, 0.29) is 18.4 Å². The number of nitrogens with one attached hydrogen (secondary N) is 2. The number of aromatic nitrogens is 1. The topological polar surface area (TPSA) is 71.1 Å². The highest BCUT2D eigenvalue weighted by atomic mass is 35.5. The van der Waals surface area contributed by atoms with E-state index in [0.717, 1.165) is 0 Å². The number of carbonyl (C=O) groups excluding carboxylic acids is 2. The molecule has 0 aliphatic carbocycles. The van der Waals surface area contributed by atoms with Gasteiger partial charge >= 0.3 is 0 Å². The summed E-state index contributed by atoms with van der Waals surface area (Å²) in [5.74, 6) is -0.590. The van der Waals surface area contributed by atoms with E-state index in [2.05, 4.69) is 15.6 Å². The van der Waals surface area contributed by atoms with Gasteiger partial charge in [-0.05, 0) is 37.6 Å². The summed E-state index contributed by atoms with van der Waals surface area (Å²) in [4.78, 5) is 28.2. The lowest BCUT2D eigenvalue weighted by Crippen LogP contribution is -2.43. The van der Waals surface area contributed by atoms with E-state index in [0.29, 0.717) is 16.3 Å². The molecule has 23 heavy (non-hydrogen) atoms. The fourth-order valence-corrected chi connectivity index (χ4v) is 2.49. The highest BCUT2D eigenvalue weighted by Crippen LogP contribution is 2.29. The Kier molecular flexibility index (Phi) is 5.34. The first-order valence-electron chi connectivity index (χ1n) is 7.14. The van der Waals surface area contributed by atoms with E-state index in [1.54, 1.807) is 50.4 Å². The van der Waals surface area contributed by atoms with Gasteiger partial charge in [-0.2, -0.15) is 0 Å². The zero-order valence-electron chi connectivity index (χ0n) is 13.0. The number of nitrogens with zero attached hydrogens (tertiary/aromatic N) is 1. The minimum Gasteiger partial charge on any atom is -0.346 e. The van der Waals surface area contributed by atoms with Gasteiger partial charge in [-0.25, -0.2) is 0 Å². The molecule has 0 aliphatic rings. The smallest absolute Gasteiger partial charge is 0.243 e. The molecule has 1 heterocycles. The maximum Gasteiger partial charge on any atom is 0.243 e. The zero-order valence-corrected chi connectivity index (χ0v) is 13.7. The number of benzene rings is 1. The summed E-state index contributed by atoms with van der Waals surface area (Å²) < 4.78 is 0. The van der Waals surface area contributed by atoms with Crippen LogP contribution in [0.25, 0.3) is 0 Å². The Morgan fingerprint density at radius 1 is 1.17 bits per heavy atom. The lowest BCUT2D eigenvalue weighted by Gasteiger charge is -2.25. The second-order valence-corrected chi connectivity index (χ2v) is 5.98. The largest absolute Gasteiger partial charge is 0.346 e. The van der Waals surface area contributed by atoms with Crippen LogP contribution >= 0.6 is 11.6 Å². The van der Waals surface area contributed by atoms with Crippen molar-refractivity contribution >= 4 is 29.1 Å². The van der Waals surface area contributed by atoms with Gasteiger partial charge in [-0.15, -0.1) is 0 Å². The van der Waals surface area contributed by atoms with Crippen molar-refractivity contribution in [3.63, 3.8) is 0 Å². The maximum absolute atomic E-state index is 12.4. The van der Waals surface area contributed by atoms with Gasteiger partial charge in [0.1, 0.15) is 0 Å². The van der Waals surface area contributed by atoms with Crippen LogP contribution in [-0.4, -0.2) is 23.3 Å². The first kappa shape index (κ1) is 17.0. The number of amides is 2. The van der Waals surface area contributed by atoms with Gasteiger partial charge in [0, 0.05) is 11.2 Å². The van der Waals surface area contributed by atoms with Crippen molar-refractivity contribution in [1.29, 1.82) is 0 Å². The second-order valence-electron chi connectivity index (χ2n) is 5.58. The molecule has 0 saturated heterocycles. The normalized spacial score (nSPS) is 10.9. The zero-order chi connectivity index (χ0) is 16.9. The Bertz CT molecular complexity index is 702. The molecule has 2 amide bonds. The molecule has 120 valence electrons. The summed E-state index contributed by atoms with van der Waals surface area (Å²) in [5, 5.41) is 5.82. The van der Waals surface area contributed by atoms with E-state index in [1.807, 2.05) is 6.07 Å². The molecule has 6 heteroatoms. The van der Waals surface area contributed by atoms with Crippen molar-refractivity contribution in [2.45, 2.75) is 19.3 Å². The lowest BCUT2D eigenvalue weighted by atomic mass is 9.83. The summed E-state index contributed by atoms with van der Waals surface area (Å²) in [6, 6.07) is 10.6. The Morgan fingerprint density at radius 3 is 2.57 bits per heavy atom. The van der Waals surface area contributed by atoms with Crippen LogP contribution in [0.2, 0.25) is 5.02 Å². The van der Waals surface area contributed by atoms with Crippen molar-refractivity contribution in [3.8, 4) is 0 Å². The fourth-order valence-electron chi connectivity index (χ4n) is 2.11. The predicted molar refractivity (Wildman–Crippen MR) is 90.4 cm³/mol. The van der Waals surface area contributed by atoms with Crippen molar-refractivity contribution in [1.82, 2.24) is 10.3 Å².